The lowest BCUT2D eigenvalue weighted by Gasteiger charge is -2.14. The molecule has 0 aromatic carbocycles. The molecule has 5 nitrogen and oxygen atoms in total. The quantitative estimate of drug-likeness (QED) is 0.727. The summed E-state index contributed by atoms with van der Waals surface area (Å²) in [5.41, 5.74) is 0.925. The molecule has 0 aliphatic rings. The van der Waals surface area contributed by atoms with Crippen LogP contribution in [0.15, 0.2) is 12.1 Å². The van der Waals surface area contributed by atoms with Gasteiger partial charge in [0.2, 0.25) is 0 Å². The van der Waals surface area contributed by atoms with E-state index in [0.29, 0.717) is 5.82 Å². The molecular formula is C12H18N2O3. The highest BCUT2D eigenvalue weighted by atomic mass is 16.4. The van der Waals surface area contributed by atoms with Gasteiger partial charge in [0.25, 0.3) is 0 Å². The number of aliphatic hydroxyl groups is 1. The van der Waals surface area contributed by atoms with Gasteiger partial charge in [-0.1, -0.05) is 13.8 Å². The lowest BCUT2D eigenvalue weighted by atomic mass is 10.1. The van der Waals surface area contributed by atoms with Crippen molar-refractivity contribution in [2.45, 2.75) is 32.7 Å². The molecule has 1 heterocycles. The van der Waals surface area contributed by atoms with Crippen LogP contribution in [0.4, 0.5) is 5.82 Å². The van der Waals surface area contributed by atoms with E-state index in [0.717, 1.165) is 5.69 Å². The number of hydrogen-bond donors (Lipinski definition) is 3. The average Bonchev–Trinajstić information content (AvgIpc) is 2.28. The molecule has 94 valence electrons. The minimum Gasteiger partial charge on any atom is -0.478 e. The van der Waals surface area contributed by atoms with Crippen LogP contribution in [0.25, 0.3) is 0 Å². The monoisotopic (exact) mass is 238 g/mol. The van der Waals surface area contributed by atoms with Gasteiger partial charge in [-0.2, -0.15) is 0 Å². The molecule has 0 spiro atoms. The third-order valence-corrected chi connectivity index (χ3v) is 2.35. The molecule has 5 heteroatoms. The van der Waals surface area contributed by atoms with Gasteiger partial charge < -0.3 is 15.5 Å². The van der Waals surface area contributed by atoms with E-state index in [-0.39, 0.29) is 24.1 Å². The molecule has 0 saturated heterocycles. The van der Waals surface area contributed by atoms with Crippen molar-refractivity contribution in [3.8, 4) is 0 Å². The second-order valence-corrected chi connectivity index (χ2v) is 4.35. The minimum atomic E-state index is -0.978. The van der Waals surface area contributed by atoms with Crippen LogP contribution in [0.5, 0.6) is 0 Å². The largest absolute Gasteiger partial charge is 0.478 e. The number of aromatic nitrogens is 1. The summed E-state index contributed by atoms with van der Waals surface area (Å²) in [6.45, 7) is 5.67. The Balaban J connectivity index is 3.08. The predicted octanol–water partition coefficient (Wildman–Crippen LogP) is 1.70. The van der Waals surface area contributed by atoms with E-state index in [9.17, 15) is 4.79 Å². The van der Waals surface area contributed by atoms with Crippen LogP contribution in [-0.4, -0.2) is 33.8 Å². The van der Waals surface area contributed by atoms with E-state index in [2.05, 4.69) is 10.3 Å². The van der Waals surface area contributed by atoms with Gasteiger partial charge in [0.1, 0.15) is 5.82 Å². The van der Waals surface area contributed by atoms with Crippen molar-refractivity contribution in [3.05, 3.63) is 23.4 Å². The molecule has 0 fully saturated rings. The van der Waals surface area contributed by atoms with Crippen LogP contribution in [0, 0.1) is 0 Å². The number of anilines is 1. The van der Waals surface area contributed by atoms with Crippen LogP contribution in [0.2, 0.25) is 0 Å². The number of nitrogens with zero attached hydrogens (tertiary/aromatic N) is 1. The van der Waals surface area contributed by atoms with Gasteiger partial charge in [0.15, 0.2) is 0 Å². The van der Waals surface area contributed by atoms with Crippen LogP contribution >= 0.6 is 0 Å². The molecule has 0 radical (unpaired) electrons. The average molecular weight is 238 g/mol. The number of nitrogens with one attached hydrogen (secondary N) is 1. The molecule has 1 rings (SSSR count). The normalized spacial score (nSPS) is 12.5. The molecule has 0 bridgehead atoms. The summed E-state index contributed by atoms with van der Waals surface area (Å²) in [7, 11) is 0. The Morgan fingerprint density at radius 3 is 2.53 bits per heavy atom. The van der Waals surface area contributed by atoms with E-state index in [1.54, 1.807) is 13.0 Å². The van der Waals surface area contributed by atoms with Gasteiger partial charge in [-0.3, -0.25) is 0 Å². The van der Waals surface area contributed by atoms with Gasteiger partial charge in [0, 0.05) is 11.7 Å². The fraction of sp³-hybridized carbons (Fsp3) is 0.500. The van der Waals surface area contributed by atoms with Gasteiger partial charge >= 0.3 is 5.97 Å². The number of carbonyl (C=O) groups is 1. The Hall–Kier alpha value is -1.62. The number of pyridine rings is 1. The molecular weight excluding hydrogens is 220 g/mol. The standard InChI is InChI=1S/C12H18N2O3/c1-7(2)10-4-9(12(16)17)5-11(14-10)13-8(3)6-15/h4-5,7-8,15H,6H2,1-3H3,(H,13,14)(H,16,17). The first kappa shape index (κ1) is 13.4. The van der Waals surface area contributed by atoms with Crippen molar-refractivity contribution in [1.82, 2.24) is 4.98 Å². The maximum absolute atomic E-state index is 11.0. The van der Waals surface area contributed by atoms with Crippen LogP contribution in [-0.2, 0) is 0 Å². The molecule has 0 amide bonds. The first-order valence-electron chi connectivity index (χ1n) is 5.56. The Labute approximate surface area is 101 Å². The molecule has 3 N–H and O–H groups in total. The zero-order valence-corrected chi connectivity index (χ0v) is 10.3. The first-order valence-corrected chi connectivity index (χ1v) is 5.56. The third kappa shape index (κ3) is 3.71. The summed E-state index contributed by atoms with van der Waals surface area (Å²) in [6.07, 6.45) is 0. The maximum Gasteiger partial charge on any atom is 0.335 e. The predicted molar refractivity (Wildman–Crippen MR) is 65.5 cm³/mol. The number of aliphatic hydroxyl groups excluding tert-OH is 1. The Morgan fingerprint density at radius 2 is 2.06 bits per heavy atom. The smallest absolute Gasteiger partial charge is 0.335 e. The molecule has 1 aromatic heterocycles. The highest BCUT2D eigenvalue weighted by Gasteiger charge is 2.11. The molecule has 1 aromatic rings. The molecule has 17 heavy (non-hydrogen) atoms. The highest BCUT2D eigenvalue weighted by molar-refractivity contribution is 5.88. The van der Waals surface area contributed by atoms with E-state index < -0.39 is 5.97 Å². The Kier molecular flexibility index (Phi) is 4.45. The second kappa shape index (κ2) is 5.63. The van der Waals surface area contributed by atoms with E-state index in [1.165, 1.54) is 6.07 Å². The zero-order chi connectivity index (χ0) is 13.0. The van der Waals surface area contributed by atoms with Crippen LogP contribution < -0.4 is 5.32 Å². The van der Waals surface area contributed by atoms with Gasteiger partial charge in [0.05, 0.1) is 12.2 Å². The SMILES string of the molecule is CC(CO)Nc1cc(C(=O)O)cc(C(C)C)n1. The summed E-state index contributed by atoms with van der Waals surface area (Å²) < 4.78 is 0. The summed E-state index contributed by atoms with van der Waals surface area (Å²) in [6, 6.07) is 2.88. The van der Waals surface area contributed by atoms with Crippen molar-refractivity contribution in [2.75, 3.05) is 11.9 Å². The highest BCUT2D eigenvalue weighted by Crippen LogP contribution is 2.18. The maximum atomic E-state index is 11.0. The number of carboxylic acids is 1. The van der Waals surface area contributed by atoms with Gasteiger partial charge in [-0.05, 0) is 25.0 Å². The lowest BCUT2D eigenvalue weighted by molar-refractivity contribution is 0.0696. The van der Waals surface area contributed by atoms with Crippen LogP contribution in [0.3, 0.4) is 0 Å². The van der Waals surface area contributed by atoms with E-state index in [4.69, 9.17) is 10.2 Å². The Morgan fingerprint density at radius 1 is 1.41 bits per heavy atom. The first-order chi connectivity index (χ1) is 7.93. The second-order valence-electron chi connectivity index (χ2n) is 4.35. The molecule has 1 atom stereocenters. The van der Waals surface area contributed by atoms with Crippen LogP contribution in [0.1, 0.15) is 42.7 Å². The number of aromatic carboxylic acids is 1. The summed E-state index contributed by atoms with van der Waals surface area (Å²) in [4.78, 5) is 15.3. The lowest BCUT2D eigenvalue weighted by Crippen LogP contribution is -2.20. The van der Waals surface area contributed by atoms with E-state index >= 15 is 0 Å². The van der Waals surface area contributed by atoms with E-state index in [1.807, 2.05) is 13.8 Å². The molecule has 1 unspecified atom stereocenters. The van der Waals surface area contributed by atoms with Crippen molar-refractivity contribution < 1.29 is 15.0 Å². The zero-order valence-electron chi connectivity index (χ0n) is 10.3. The fourth-order valence-corrected chi connectivity index (χ4v) is 1.34. The van der Waals surface area contributed by atoms with Crippen molar-refractivity contribution in [1.29, 1.82) is 0 Å². The molecule has 0 saturated carbocycles. The van der Waals surface area contributed by atoms with Gasteiger partial charge in [-0.15, -0.1) is 0 Å². The van der Waals surface area contributed by atoms with Gasteiger partial charge in [-0.25, -0.2) is 9.78 Å². The number of carboxylic acid groups (broad SMARTS) is 1. The number of hydrogen-bond acceptors (Lipinski definition) is 4. The summed E-state index contributed by atoms with van der Waals surface area (Å²) in [5.74, 6) is -0.344. The molecule has 0 aliphatic heterocycles. The van der Waals surface area contributed by atoms with Crippen molar-refractivity contribution in [2.24, 2.45) is 0 Å². The summed E-state index contributed by atoms with van der Waals surface area (Å²) in [5, 5.41) is 20.9. The Bertz CT molecular complexity index is 405. The topological polar surface area (TPSA) is 82.5 Å². The summed E-state index contributed by atoms with van der Waals surface area (Å²) >= 11 is 0. The van der Waals surface area contributed by atoms with Crippen molar-refractivity contribution in [3.63, 3.8) is 0 Å². The minimum absolute atomic E-state index is 0.0318. The fourth-order valence-electron chi connectivity index (χ4n) is 1.34. The van der Waals surface area contributed by atoms with Crippen molar-refractivity contribution >= 4 is 11.8 Å². The third-order valence-electron chi connectivity index (χ3n) is 2.35. The number of rotatable bonds is 5. The molecule has 0 aliphatic carbocycles.